The number of hydrogen-bond donors (Lipinski definition) is 0. The van der Waals surface area contributed by atoms with Crippen LogP contribution in [-0.4, -0.2) is 39.0 Å². The van der Waals surface area contributed by atoms with Crippen LogP contribution in [0.25, 0.3) is 0 Å². The van der Waals surface area contributed by atoms with Gasteiger partial charge in [0.15, 0.2) is 0 Å². The fourth-order valence-corrected chi connectivity index (χ4v) is 5.39. The van der Waals surface area contributed by atoms with Crippen LogP contribution in [0.3, 0.4) is 0 Å². The van der Waals surface area contributed by atoms with Gasteiger partial charge >= 0.3 is 0 Å². The van der Waals surface area contributed by atoms with Crippen LogP contribution in [0, 0.1) is 13.8 Å². The number of piperidine rings is 1. The summed E-state index contributed by atoms with van der Waals surface area (Å²) in [5.41, 5.74) is 2.62. The molecular weight excluding hydrogens is 392 g/mol. The first-order valence-corrected chi connectivity index (χ1v) is 11.2. The van der Waals surface area contributed by atoms with Crippen LogP contribution in [-0.2, 0) is 5.75 Å². The zero-order chi connectivity index (χ0) is 19.5. The van der Waals surface area contributed by atoms with Gasteiger partial charge in [-0.25, -0.2) is 9.97 Å². The SMILES string of the molecule is Cc1noc(C)c1CSc1ncccc1C(=O)N1CCCC(c2nccs2)C1. The minimum Gasteiger partial charge on any atom is -0.361 e. The molecule has 0 N–H and O–H groups in total. The number of likely N-dealkylation sites (tertiary alicyclic amines) is 1. The van der Waals surface area contributed by atoms with Crippen molar-refractivity contribution in [1.29, 1.82) is 0 Å². The Morgan fingerprint density at radius 3 is 3.00 bits per heavy atom. The van der Waals surface area contributed by atoms with Gasteiger partial charge in [0.05, 0.1) is 16.3 Å². The lowest BCUT2D eigenvalue weighted by Crippen LogP contribution is -2.39. The van der Waals surface area contributed by atoms with Gasteiger partial charge in [-0.2, -0.15) is 0 Å². The summed E-state index contributed by atoms with van der Waals surface area (Å²) in [6.45, 7) is 5.34. The quantitative estimate of drug-likeness (QED) is 0.574. The maximum absolute atomic E-state index is 13.3. The summed E-state index contributed by atoms with van der Waals surface area (Å²) in [6.07, 6.45) is 5.65. The van der Waals surface area contributed by atoms with Gasteiger partial charge in [0.25, 0.3) is 5.91 Å². The molecule has 1 aliphatic rings. The molecule has 0 spiro atoms. The molecule has 146 valence electrons. The van der Waals surface area contributed by atoms with Gasteiger partial charge < -0.3 is 9.42 Å². The number of rotatable bonds is 5. The van der Waals surface area contributed by atoms with Crippen molar-refractivity contribution in [1.82, 2.24) is 20.0 Å². The minimum atomic E-state index is 0.0515. The predicted molar refractivity (Wildman–Crippen MR) is 110 cm³/mol. The highest BCUT2D eigenvalue weighted by atomic mass is 32.2. The molecule has 0 aromatic carbocycles. The van der Waals surface area contributed by atoms with Crippen molar-refractivity contribution in [3.63, 3.8) is 0 Å². The lowest BCUT2D eigenvalue weighted by atomic mass is 9.98. The molecule has 1 fully saturated rings. The molecule has 28 heavy (non-hydrogen) atoms. The summed E-state index contributed by atoms with van der Waals surface area (Å²) >= 11 is 3.23. The number of carbonyl (C=O) groups is 1. The molecule has 4 rings (SSSR count). The first-order chi connectivity index (χ1) is 13.6. The van der Waals surface area contributed by atoms with Crippen LogP contribution >= 0.6 is 23.1 Å². The van der Waals surface area contributed by atoms with E-state index in [4.69, 9.17) is 4.52 Å². The molecule has 0 radical (unpaired) electrons. The number of hydrogen-bond acceptors (Lipinski definition) is 7. The zero-order valence-electron chi connectivity index (χ0n) is 15.9. The van der Waals surface area contributed by atoms with E-state index in [1.807, 2.05) is 42.5 Å². The van der Waals surface area contributed by atoms with E-state index in [2.05, 4.69) is 15.1 Å². The van der Waals surface area contributed by atoms with Crippen molar-refractivity contribution in [3.8, 4) is 0 Å². The normalized spacial score (nSPS) is 17.1. The van der Waals surface area contributed by atoms with E-state index in [1.54, 1.807) is 29.3 Å². The molecule has 3 aromatic rings. The Bertz CT molecular complexity index is 936. The summed E-state index contributed by atoms with van der Waals surface area (Å²) in [5, 5.41) is 7.88. The molecule has 0 saturated carbocycles. The van der Waals surface area contributed by atoms with Crippen LogP contribution in [0.2, 0.25) is 0 Å². The number of thiazole rings is 1. The van der Waals surface area contributed by atoms with Crippen molar-refractivity contribution in [2.24, 2.45) is 0 Å². The van der Waals surface area contributed by atoms with E-state index < -0.39 is 0 Å². The fraction of sp³-hybridized carbons (Fsp3) is 0.400. The van der Waals surface area contributed by atoms with Crippen molar-refractivity contribution in [3.05, 3.63) is 57.5 Å². The number of carbonyl (C=O) groups excluding carboxylic acids is 1. The maximum Gasteiger partial charge on any atom is 0.256 e. The molecule has 1 amide bonds. The monoisotopic (exact) mass is 414 g/mol. The topological polar surface area (TPSA) is 72.1 Å². The summed E-state index contributed by atoms with van der Waals surface area (Å²) in [5.74, 6) is 1.87. The third kappa shape index (κ3) is 3.98. The highest BCUT2D eigenvalue weighted by Crippen LogP contribution is 2.31. The van der Waals surface area contributed by atoms with E-state index in [0.717, 1.165) is 53.0 Å². The number of nitrogens with zero attached hydrogens (tertiary/aromatic N) is 4. The summed E-state index contributed by atoms with van der Waals surface area (Å²) in [6, 6.07) is 3.70. The summed E-state index contributed by atoms with van der Waals surface area (Å²) < 4.78 is 5.24. The second-order valence-electron chi connectivity index (χ2n) is 6.91. The molecule has 1 atom stereocenters. The standard InChI is InChI=1S/C20H22N4O2S2/c1-13-17(14(2)26-23-13)12-28-19-16(6-3-7-21-19)20(25)24-9-4-5-15(11-24)18-22-8-10-27-18/h3,6-8,10,15H,4-5,9,11-12H2,1-2H3. The second kappa shape index (κ2) is 8.45. The Morgan fingerprint density at radius 2 is 2.25 bits per heavy atom. The third-order valence-corrected chi connectivity index (χ3v) is 7.02. The van der Waals surface area contributed by atoms with E-state index in [1.165, 1.54) is 0 Å². The maximum atomic E-state index is 13.3. The molecule has 3 aromatic heterocycles. The molecule has 8 heteroatoms. The predicted octanol–water partition coefficient (Wildman–Crippen LogP) is 4.46. The van der Waals surface area contributed by atoms with Crippen molar-refractivity contribution in [2.45, 2.75) is 43.4 Å². The molecule has 1 unspecified atom stereocenters. The van der Waals surface area contributed by atoms with Gasteiger partial charge in [-0.3, -0.25) is 4.79 Å². The van der Waals surface area contributed by atoms with Crippen LogP contribution in [0.1, 0.15) is 51.1 Å². The Kier molecular flexibility index (Phi) is 5.77. The molecule has 1 aliphatic heterocycles. The Labute approximate surface area is 172 Å². The van der Waals surface area contributed by atoms with Crippen molar-refractivity contribution in [2.75, 3.05) is 13.1 Å². The molecule has 0 aliphatic carbocycles. The van der Waals surface area contributed by atoms with E-state index in [9.17, 15) is 4.79 Å². The lowest BCUT2D eigenvalue weighted by molar-refractivity contribution is 0.0702. The van der Waals surface area contributed by atoms with Gasteiger partial charge in [-0.15, -0.1) is 23.1 Å². The first-order valence-electron chi connectivity index (χ1n) is 9.31. The largest absolute Gasteiger partial charge is 0.361 e. The Morgan fingerprint density at radius 1 is 1.36 bits per heavy atom. The van der Waals surface area contributed by atoms with Crippen LogP contribution in [0.5, 0.6) is 0 Å². The average Bonchev–Trinajstić information content (AvgIpc) is 3.37. The Balaban J connectivity index is 1.50. The number of pyridine rings is 1. The van der Waals surface area contributed by atoms with Gasteiger partial charge in [-0.1, -0.05) is 5.16 Å². The number of amides is 1. The van der Waals surface area contributed by atoms with Crippen LogP contribution in [0.4, 0.5) is 0 Å². The summed E-state index contributed by atoms with van der Waals surface area (Å²) in [4.78, 5) is 24.1. The van der Waals surface area contributed by atoms with Crippen LogP contribution in [0.15, 0.2) is 39.5 Å². The van der Waals surface area contributed by atoms with Gasteiger partial charge in [0.1, 0.15) is 10.8 Å². The minimum absolute atomic E-state index is 0.0515. The second-order valence-corrected chi connectivity index (χ2v) is 8.80. The van der Waals surface area contributed by atoms with Gasteiger partial charge in [0, 0.05) is 48.1 Å². The lowest BCUT2D eigenvalue weighted by Gasteiger charge is -2.32. The van der Waals surface area contributed by atoms with Crippen molar-refractivity contribution >= 4 is 29.0 Å². The number of aryl methyl sites for hydroxylation is 2. The number of aromatic nitrogens is 3. The number of thioether (sulfide) groups is 1. The third-order valence-electron chi connectivity index (χ3n) is 5.05. The van der Waals surface area contributed by atoms with E-state index in [0.29, 0.717) is 17.2 Å². The molecular formula is C20H22N4O2S2. The Hall–Kier alpha value is -2.19. The van der Waals surface area contributed by atoms with Crippen molar-refractivity contribution < 1.29 is 9.32 Å². The van der Waals surface area contributed by atoms with Crippen LogP contribution < -0.4 is 0 Å². The molecule has 6 nitrogen and oxygen atoms in total. The highest BCUT2D eigenvalue weighted by Gasteiger charge is 2.28. The molecule has 1 saturated heterocycles. The van der Waals surface area contributed by atoms with Gasteiger partial charge in [0.2, 0.25) is 0 Å². The smallest absolute Gasteiger partial charge is 0.256 e. The highest BCUT2D eigenvalue weighted by molar-refractivity contribution is 7.98. The molecule has 0 bridgehead atoms. The zero-order valence-corrected chi connectivity index (χ0v) is 17.6. The average molecular weight is 415 g/mol. The fourth-order valence-electron chi connectivity index (χ4n) is 3.49. The summed E-state index contributed by atoms with van der Waals surface area (Å²) in [7, 11) is 0. The molecule has 4 heterocycles. The van der Waals surface area contributed by atoms with E-state index >= 15 is 0 Å². The van der Waals surface area contributed by atoms with E-state index in [-0.39, 0.29) is 5.91 Å². The first kappa shape index (κ1) is 19.1. The van der Waals surface area contributed by atoms with Gasteiger partial charge in [-0.05, 0) is 38.8 Å².